The summed E-state index contributed by atoms with van der Waals surface area (Å²) in [5.41, 5.74) is 2.05. The van der Waals surface area contributed by atoms with Crippen molar-refractivity contribution in [2.24, 2.45) is 5.92 Å². The van der Waals surface area contributed by atoms with E-state index in [-0.39, 0.29) is 23.8 Å². The maximum Gasteiger partial charge on any atom is 0.257 e. The molecular weight excluding hydrogens is 304 g/mol. The molecule has 3 atom stereocenters. The smallest absolute Gasteiger partial charge is 0.257 e. The lowest BCUT2D eigenvalue weighted by Crippen LogP contribution is -2.35. The van der Waals surface area contributed by atoms with E-state index >= 15 is 0 Å². The van der Waals surface area contributed by atoms with Crippen molar-refractivity contribution in [2.45, 2.75) is 25.6 Å². The predicted octanol–water partition coefficient (Wildman–Crippen LogP) is 2.28. The van der Waals surface area contributed by atoms with Crippen LogP contribution in [0.5, 0.6) is 0 Å². The second-order valence-corrected chi connectivity index (χ2v) is 6.23. The van der Waals surface area contributed by atoms with Gasteiger partial charge in [0.15, 0.2) is 6.23 Å². The quantitative estimate of drug-likeness (QED) is 0.528. The maximum atomic E-state index is 12.4. The molecule has 1 saturated heterocycles. The van der Waals surface area contributed by atoms with Gasteiger partial charge < -0.3 is 10.1 Å². The van der Waals surface area contributed by atoms with Gasteiger partial charge in [0.2, 0.25) is 0 Å². The fourth-order valence-corrected chi connectivity index (χ4v) is 3.43. The number of para-hydroxylation sites is 1. The standard InChI is InChI=1S/C19H18N2O3/c1-12-10-17(21(19(12)23)13-6-3-2-4-7-13)24-11-15-14-8-5-9-16(14)20-18(15)22/h2-7,9-11,14,16-17H,8H2,1H3,(H,20,22). The number of carbonyl (C=O) groups is 2. The Morgan fingerprint density at radius 1 is 1.25 bits per heavy atom. The minimum atomic E-state index is -0.534. The molecule has 1 aliphatic carbocycles. The second kappa shape index (κ2) is 5.67. The molecular formula is C19H18N2O3. The topological polar surface area (TPSA) is 58.6 Å². The van der Waals surface area contributed by atoms with Gasteiger partial charge in [-0.3, -0.25) is 14.5 Å². The average molecular weight is 322 g/mol. The van der Waals surface area contributed by atoms with Crippen LogP contribution < -0.4 is 10.2 Å². The number of fused-ring (bicyclic) bond motifs is 1. The van der Waals surface area contributed by atoms with Crippen molar-refractivity contribution >= 4 is 17.5 Å². The van der Waals surface area contributed by atoms with Gasteiger partial charge in [-0.15, -0.1) is 0 Å². The molecule has 5 nitrogen and oxygen atoms in total. The highest BCUT2D eigenvalue weighted by Gasteiger charge is 2.39. The molecule has 2 amide bonds. The monoisotopic (exact) mass is 322 g/mol. The summed E-state index contributed by atoms with van der Waals surface area (Å²) in [6, 6.07) is 9.47. The van der Waals surface area contributed by atoms with Crippen LogP contribution in [0.2, 0.25) is 0 Å². The van der Waals surface area contributed by atoms with Gasteiger partial charge >= 0.3 is 0 Å². The number of benzene rings is 1. The summed E-state index contributed by atoms with van der Waals surface area (Å²) in [6.07, 6.45) is 7.69. The van der Waals surface area contributed by atoms with E-state index in [4.69, 9.17) is 4.74 Å². The molecule has 1 aromatic carbocycles. The van der Waals surface area contributed by atoms with Crippen LogP contribution in [0.3, 0.4) is 0 Å². The number of nitrogens with zero attached hydrogens (tertiary/aromatic N) is 1. The second-order valence-electron chi connectivity index (χ2n) is 6.23. The lowest BCUT2D eigenvalue weighted by molar-refractivity contribution is -0.116. The van der Waals surface area contributed by atoms with Crippen molar-refractivity contribution in [1.29, 1.82) is 0 Å². The number of amides is 2. The summed E-state index contributed by atoms with van der Waals surface area (Å²) < 4.78 is 5.85. The van der Waals surface area contributed by atoms with Gasteiger partial charge in [0.25, 0.3) is 11.8 Å². The molecule has 122 valence electrons. The van der Waals surface area contributed by atoms with Gasteiger partial charge in [0, 0.05) is 17.2 Å². The molecule has 0 saturated carbocycles. The van der Waals surface area contributed by atoms with Gasteiger partial charge in [-0.2, -0.15) is 0 Å². The van der Waals surface area contributed by atoms with E-state index in [0.29, 0.717) is 11.1 Å². The van der Waals surface area contributed by atoms with Crippen LogP contribution in [0, 0.1) is 5.92 Å². The summed E-state index contributed by atoms with van der Waals surface area (Å²) in [7, 11) is 0. The number of hydrogen-bond acceptors (Lipinski definition) is 3. The number of nitrogens with one attached hydrogen (secondary N) is 1. The predicted molar refractivity (Wildman–Crippen MR) is 89.8 cm³/mol. The first-order valence-corrected chi connectivity index (χ1v) is 8.05. The first-order chi connectivity index (χ1) is 11.6. The maximum absolute atomic E-state index is 12.4. The van der Waals surface area contributed by atoms with Crippen LogP contribution in [0.15, 0.2) is 66.0 Å². The van der Waals surface area contributed by atoms with Crippen molar-refractivity contribution < 1.29 is 14.3 Å². The van der Waals surface area contributed by atoms with Crippen LogP contribution in [-0.2, 0) is 14.3 Å². The minimum Gasteiger partial charge on any atom is -0.474 e. The van der Waals surface area contributed by atoms with Crippen LogP contribution in [0.1, 0.15) is 13.3 Å². The molecule has 24 heavy (non-hydrogen) atoms. The Bertz CT molecular complexity index is 779. The molecule has 3 unspecified atom stereocenters. The molecule has 3 aliphatic rings. The van der Waals surface area contributed by atoms with Gasteiger partial charge in [0.1, 0.15) is 0 Å². The van der Waals surface area contributed by atoms with Gasteiger partial charge in [-0.25, -0.2) is 0 Å². The third-order valence-electron chi connectivity index (χ3n) is 4.70. The number of anilines is 1. The molecule has 5 heteroatoms. The molecule has 0 bridgehead atoms. The van der Waals surface area contributed by atoms with Crippen molar-refractivity contribution in [3.05, 3.63) is 66.0 Å². The summed E-state index contributed by atoms with van der Waals surface area (Å²) >= 11 is 0. The van der Waals surface area contributed by atoms with E-state index in [1.54, 1.807) is 17.9 Å². The normalized spacial score (nSPS) is 29.9. The Labute approximate surface area is 140 Å². The van der Waals surface area contributed by atoms with Gasteiger partial charge in [-0.1, -0.05) is 30.4 Å². The molecule has 1 fully saturated rings. The molecule has 4 rings (SSSR count). The zero-order valence-electron chi connectivity index (χ0n) is 13.3. The van der Waals surface area contributed by atoms with Gasteiger partial charge in [0.05, 0.1) is 17.9 Å². The summed E-state index contributed by atoms with van der Waals surface area (Å²) in [5.74, 6) is -0.0450. The Balaban J connectivity index is 1.58. The molecule has 0 radical (unpaired) electrons. The lowest BCUT2D eigenvalue weighted by Gasteiger charge is -2.24. The number of rotatable bonds is 3. The highest BCUT2D eigenvalue weighted by Crippen LogP contribution is 2.33. The third kappa shape index (κ3) is 2.33. The Hall–Kier alpha value is -2.82. The van der Waals surface area contributed by atoms with E-state index < -0.39 is 6.23 Å². The number of hydrogen-bond donors (Lipinski definition) is 1. The molecule has 2 heterocycles. The average Bonchev–Trinajstić information content (AvgIpc) is 3.21. The van der Waals surface area contributed by atoms with Gasteiger partial charge in [-0.05, 0) is 31.6 Å². The summed E-state index contributed by atoms with van der Waals surface area (Å²) in [4.78, 5) is 26.1. The largest absolute Gasteiger partial charge is 0.474 e. The Morgan fingerprint density at radius 3 is 2.83 bits per heavy atom. The fraction of sp³-hybridized carbons (Fsp3) is 0.263. The highest BCUT2D eigenvalue weighted by atomic mass is 16.5. The van der Waals surface area contributed by atoms with Crippen molar-refractivity contribution in [3.63, 3.8) is 0 Å². The van der Waals surface area contributed by atoms with E-state index in [1.807, 2.05) is 36.4 Å². The lowest BCUT2D eigenvalue weighted by atomic mass is 9.99. The number of carbonyl (C=O) groups excluding carboxylic acids is 2. The number of ether oxygens (including phenoxy) is 1. The van der Waals surface area contributed by atoms with E-state index in [2.05, 4.69) is 11.4 Å². The summed E-state index contributed by atoms with van der Waals surface area (Å²) in [6.45, 7) is 1.77. The zero-order valence-corrected chi connectivity index (χ0v) is 13.3. The molecule has 1 N–H and O–H groups in total. The Kier molecular flexibility index (Phi) is 3.49. The van der Waals surface area contributed by atoms with Crippen LogP contribution in [0.25, 0.3) is 0 Å². The molecule has 0 aromatic heterocycles. The third-order valence-corrected chi connectivity index (χ3v) is 4.70. The SMILES string of the molecule is CC1=CC(OC=C2C(=O)NC3C=CCC23)N(c2ccccc2)C1=O. The minimum absolute atomic E-state index is 0.0695. The van der Waals surface area contributed by atoms with E-state index in [1.165, 1.54) is 6.26 Å². The molecule has 0 spiro atoms. The van der Waals surface area contributed by atoms with Crippen LogP contribution in [-0.4, -0.2) is 24.1 Å². The first kappa shape index (κ1) is 14.8. The Morgan fingerprint density at radius 2 is 2.04 bits per heavy atom. The summed E-state index contributed by atoms with van der Waals surface area (Å²) in [5, 5.41) is 2.93. The van der Waals surface area contributed by atoms with Crippen LogP contribution in [0.4, 0.5) is 5.69 Å². The molecule has 2 aliphatic heterocycles. The van der Waals surface area contributed by atoms with Crippen molar-refractivity contribution in [3.8, 4) is 0 Å². The van der Waals surface area contributed by atoms with Crippen LogP contribution >= 0.6 is 0 Å². The van der Waals surface area contributed by atoms with Crippen molar-refractivity contribution in [2.75, 3.05) is 4.90 Å². The number of allylic oxidation sites excluding steroid dienone is 1. The zero-order chi connectivity index (χ0) is 16.7. The first-order valence-electron chi connectivity index (χ1n) is 8.05. The highest BCUT2D eigenvalue weighted by molar-refractivity contribution is 6.08. The fourth-order valence-electron chi connectivity index (χ4n) is 3.43. The van der Waals surface area contributed by atoms with E-state index in [9.17, 15) is 9.59 Å². The molecule has 1 aromatic rings. The van der Waals surface area contributed by atoms with E-state index in [0.717, 1.165) is 12.1 Å². The van der Waals surface area contributed by atoms with Crippen molar-refractivity contribution in [1.82, 2.24) is 5.32 Å².